The van der Waals surface area contributed by atoms with Gasteiger partial charge in [-0.25, -0.2) is 0 Å². The topological polar surface area (TPSA) is 3.24 Å². The lowest BCUT2D eigenvalue weighted by molar-refractivity contribution is 1.28. The number of hydrogen-bond acceptors (Lipinski definition) is 1. The van der Waals surface area contributed by atoms with E-state index in [0.717, 1.165) is 44.9 Å². The summed E-state index contributed by atoms with van der Waals surface area (Å²) in [6.45, 7) is 0. The Kier molecular flexibility index (Phi) is 9.68. The number of rotatable bonds is 9. The van der Waals surface area contributed by atoms with Gasteiger partial charge in [0.25, 0.3) is 0 Å². The number of nitrogens with zero attached hydrogens (tertiary/aromatic N) is 1. The van der Waals surface area contributed by atoms with Gasteiger partial charge in [0.1, 0.15) is 0 Å². The zero-order valence-electron chi connectivity index (χ0n) is 32.6. The van der Waals surface area contributed by atoms with E-state index in [9.17, 15) is 0 Å². The van der Waals surface area contributed by atoms with Crippen molar-refractivity contribution in [2.75, 3.05) is 4.90 Å². The summed E-state index contributed by atoms with van der Waals surface area (Å²) in [5.74, 6) is 0. The van der Waals surface area contributed by atoms with Crippen molar-refractivity contribution >= 4 is 27.8 Å². The molecule has 278 valence electrons. The van der Waals surface area contributed by atoms with Crippen LogP contribution in [0.3, 0.4) is 0 Å². The standard InChI is InChI=1S/C58H41N/c1-4-15-42(16-5-1)45-27-30-48(31-28-45)55-25-12-13-26-57(55)59(54-36-33-46(34-37-54)51-24-14-23-50(39-51)43-17-6-2-7-18-43)58-41-53(35-38-56(58)47-20-8-3-9-21-47)52-32-29-44-19-10-11-22-49(44)40-52/h1-41H. The van der Waals surface area contributed by atoms with Crippen LogP contribution in [-0.2, 0) is 0 Å². The van der Waals surface area contributed by atoms with E-state index in [4.69, 9.17) is 0 Å². The van der Waals surface area contributed by atoms with E-state index in [2.05, 4.69) is 254 Å². The van der Waals surface area contributed by atoms with E-state index < -0.39 is 0 Å². The molecule has 0 N–H and O–H groups in total. The highest BCUT2D eigenvalue weighted by molar-refractivity contribution is 5.96. The average Bonchev–Trinajstić information content (AvgIpc) is 3.33. The van der Waals surface area contributed by atoms with E-state index in [-0.39, 0.29) is 0 Å². The Balaban J connectivity index is 1.15. The molecule has 0 spiro atoms. The fraction of sp³-hybridized carbons (Fsp3) is 0. The molecule has 1 nitrogen and oxygen atoms in total. The molecule has 0 aliphatic heterocycles. The lowest BCUT2D eigenvalue weighted by atomic mass is 9.94. The summed E-state index contributed by atoms with van der Waals surface area (Å²) in [4.78, 5) is 2.46. The van der Waals surface area contributed by atoms with Crippen LogP contribution in [0, 0.1) is 0 Å². The van der Waals surface area contributed by atoms with Crippen LogP contribution in [0.1, 0.15) is 0 Å². The Bertz CT molecular complexity index is 3000. The maximum atomic E-state index is 2.46. The average molecular weight is 752 g/mol. The predicted octanol–water partition coefficient (Wildman–Crippen LogP) is 16.3. The maximum Gasteiger partial charge on any atom is 0.0546 e. The lowest BCUT2D eigenvalue weighted by Gasteiger charge is -2.30. The molecule has 0 unspecified atom stereocenters. The first-order valence-corrected chi connectivity index (χ1v) is 20.2. The highest BCUT2D eigenvalue weighted by atomic mass is 15.1. The molecule has 0 atom stereocenters. The number of fused-ring (bicyclic) bond motifs is 1. The normalized spacial score (nSPS) is 11.1. The smallest absolute Gasteiger partial charge is 0.0546 e. The second kappa shape index (κ2) is 16.0. The van der Waals surface area contributed by atoms with Crippen LogP contribution >= 0.6 is 0 Å². The minimum Gasteiger partial charge on any atom is -0.309 e. The zero-order valence-corrected chi connectivity index (χ0v) is 32.6. The Labute approximate surface area is 346 Å². The van der Waals surface area contributed by atoms with E-state index in [1.54, 1.807) is 0 Å². The summed E-state index contributed by atoms with van der Waals surface area (Å²) in [5, 5.41) is 2.47. The maximum absolute atomic E-state index is 2.46. The van der Waals surface area contributed by atoms with Gasteiger partial charge in [0.2, 0.25) is 0 Å². The van der Waals surface area contributed by atoms with Crippen molar-refractivity contribution in [1.82, 2.24) is 0 Å². The van der Waals surface area contributed by atoms with Crippen LogP contribution in [0.5, 0.6) is 0 Å². The molecule has 10 rings (SSSR count). The molecule has 0 heterocycles. The minimum atomic E-state index is 1.08. The first-order chi connectivity index (χ1) is 29.2. The SMILES string of the molecule is c1ccc(-c2ccc(-c3ccccc3N(c3ccc(-c4cccc(-c5ccccc5)c4)cc3)c3cc(-c4ccc5ccccc5c4)ccc3-c3ccccc3)cc2)cc1. The molecule has 0 bridgehead atoms. The summed E-state index contributed by atoms with van der Waals surface area (Å²) in [7, 11) is 0. The van der Waals surface area contributed by atoms with Crippen molar-refractivity contribution in [3.05, 3.63) is 249 Å². The summed E-state index contributed by atoms with van der Waals surface area (Å²) >= 11 is 0. The minimum absolute atomic E-state index is 1.08. The zero-order chi connectivity index (χ0) is 39.4. The largest absolute Gasteiger partial charge is 0.309 e. The Hall–Kier alpha value is -7.74. The molecule has 0 fully saturated rings. The molecule has 10 aromatic rings. The van der Waals surface area contributed by atoms with Crippen LogP contribution in [0.4, 0.5) is 17.1 Å². The lowest BCUT2D eigenvalue weighted by Crippen LogP contribution is -2.12. The van der Waals surface area contributed by atoms with Crippen molar-refractivity contribution in [2.24, 2.45) is 0 Å². The Morgan fingerprint density at radius 1 is 0.203 bits per heavy atom. The fourth-order valence-electron chi connectivity index (χ4n) is 8.23. The summed E-state index contributed by atoms with van der Waals surface area (Å²) in [6, 6.07) is 90.0. The third kappa shape index (κ3) is 7.34. The molecule has 0 aromatic heterocycles. The molecule has 0 saturated heterocycles. The van der Waals surface area contributed by atoms with E-state index in [0.29, 0.717) is 0 Å². The van der Waals surface area contributed by atoms with Gasteiger partial charge in [-0.1, -0.05) is 212 Å². The third-order valence-electron chi connectivity index (χ3n) is 11.3. The molecule has 0 aliphatic rings. The molecule has 10 aromatic carbocycles. The predicted molar refractivity (Wildman–Crippen MR) is 251 cm³/mol. The van der Waals surface area contributed by atoms with Gasteiger partial charge in [0.15, 0.2) is 0 Å². The van der Waals surface area contributed by atoms with Gasteiger partial charge in [0.05, 0.1) is 11.4 Å². The Morgan fingerprint density at radius 2 is 0.610 bits per heavy atom. The Morgan fingerprint density at radius 3 is 1.31 bits per heavy atom. The number of para-hydroxylation sites is 1. The van der Waals surface area contributed by atoms with Gasteiger partial charge in [-0.3, -0.25) is 0 Å². The van der Waals surface area contributed by atoms with E-state index in [1.807, 2.05) is 0 Å². The van der Waals surface area contributed by atoms with E-state index >= 15 is 0 Å². The molecular formula is C58H41N. The molecule has 1 heteroatoms. The first kappa shape index (κ1) is 35.7. The van der Waals surface area contributed by atoms with Crippen LogP contribution in [-0.4, -0.2) is 0 Å². The van der Waals surface area contributed by atoms with Crippen molar-refractivity contribution < 1.29 is 0 Å². The molecule has 0 radical (unpaired) electrons. The second-order valence-electron chi connectivity index (χ2n) is 14.9. The number of hydrogen-bond donors (Lipinski definition) is 0. The van der Waals surface area contributed by atoms with Crippen LogP contribution in [0.15, 0.2) is 249 Å². The van der Waals surface area contributed by atoms with Crippen molar-refractivity contribution in [3.63, 3.8) is 0 Å². The summed E-state index contributed by atoms with van der Waals surface area (Å²) in [6.07, 6.45) is 0. The van der Waals surface area contributed by atoms with Crippen LogP contribution in [0.2, 0.25) is 0 Å². The molecule has 0 aliphatic carbocycles. The monoisotopic (exact) mass is 751 g/mol. The number of anilines is 3. The quantitative estimate of drug-likeness (QED) is 0.142. The van der Waals surface area contributed by atoms with Gasteiger partial charge in [0, 0.05) is 16.8 Å². The summed E-state index contributed by atoms with van der Waals surface area (Å²) < 4.78 is 0. The van der Waals surface area contributed by atoms with Gasteiger partial charge in [-0.05, 0) is 103 Å². The van der Waals surface area contributed by atoms with Gasteiger partial charge in [-0.2, -0.15) is 0 Å². The second-order valence-corrected chi connectivity index (χ2v) is 14.9. The van der Waals surface area contributed by atoms with E-state index in [1.165, 1.54) is 49.7 Å². The highest BCUT2D eigenvalue weighted by Gasteiger charge is 2.22. The van der Waals surface area contributed by atoms with Crippen molar-refractivity contribution in [2.45, 2.75) is 0 Å². The third-order valence-corrected chi connectivity index (χ3v) is 11.3. The molecule has 0 saturated carbocycles. The number of benzene rings is 10. The van der Waals surface area contributed by atoms with Crippen molar-refractivity contribution in [1.29, 1.82) is 0 Å². The fourth-order valence-corrected chi connectivity index (χ4v) is 8.23. The van der Waals surface area contributed by atoms with Gasteiger partial charge in [-0.15, -0.1) is 0 Å². The highest BCUT2D eigenvalue weighted by Crippen LogP contribution is 2.46. The van der Waals surface area contributed by atoms with Crippen LogP contribution in [0.25, 0.3) is 77.5 Å². The molecular weight excluding hydrogens is 711 g/mol. The van der Waals surface area contributed by atoms with Gasteiger partial charge < -0.3 is 4.90 Å². The summed E-state index contributed by atoms with van der Waals surface area (Å²) in [5.41, 5.74) is 17.5. The van der Waals surface area contributed by atoms with Crippen LogP contribution < -0.4 is 4.90 Å². The molecule has 59 heavy (non-hydrogen) atoms. The van der Waals surface area contributed by atoms with Crippen molar-refractivity contribution in [3.8, 4) is 66.8 Å². The van der Waals surface area contributed by atoms with Gasteiger partial charge >= 0.3 is 0 Å². The molecule has 0 amide bonds. The first-order valence-electron chi connectivity index (χ1n) is 20.2.